The zero-order chi connectivity index (χ0) is 14.6. The molecular weight excluding hydrogens is 276 g/mol. The van der Waals surface area contributed by atoms with E-state index in [9.17, 15) is 9.59 Å². The highest BCUT2D eigenvalue weighted by molar-refractivity contribution is 7.99. The Labute approximate surface area is 122 Å². The Bertz CT molecular complexity index is 515. The van der Waals surface area contributed by atoms with Gasteiger partial charge < -0.3 is 10.4 Å². The molecule has 0 aliphatic heterocycles. The molecule has 1 amide bonds. The predicted molar refractivity (Wildman–Crippen MR) is 76.9 cm³/mol. The lowest BCUT2D eigenvalue weighted by Gasteiger charge is -2.12. The second kappa shape index (κ2) is 6.26. The van der Waals surface area contributed by atoms with E-state index in [4.69, 9.17) is 5.11 Å². The van der Waals surface area contributed by atoms with Crippen molar-refractivity contribution in [2.75, 3.05) is 12.3 Å². The van der Waals surface area contributed by atoms with E-state index in [1.807, 2.05) is 13.0 Å². The molecule has 1 fully saturated rings. The molecule has 0 radical (unpaired) electrons. The van der Waals surface area contributed by atoms with Crippen LogP contribution in [0.2, 0.25) is 0 Å². The normalized spacial score (nSPS) is 15.7. The van der Waals surface area contributed by atoms with Gasteiger partial charge >= 0.3 is 5.97 Å². The number of carboxylic acids is 1. The molecule has 5 nitrogen and oxygen atoms in total. The van der Waals surface area contributed by atoms with Crippen molar-refractivity contribution in [2.24, 2.45) is 5.41 Å². The fourth-order valence-electron chi connectivity index (χ4n) is 1.98. The molecule has 6 heteroatoms. The smallest absolute Gasteiger partial charge is 0.303 e. The summed E-state index contributed by atoms with van der Waals surface area (Å²) >= 11 is 1.60. The van der Waals surface area contributed by atoms with Crippen LogP contribution in [0, 0.1) is 5.41 Å². The van der Waals surface area contributed by atoms with E-state index >= 15 is 0 Å². The van der Waals surface area contributed by atoms with Crippen LogP contribution in [-0.4, -0.2) is 34.3 Å². The number of amides is 1. The minimum atomic E-state index is -0.735. The van der Waals surface area contributed by atoms with Gasteiger partial charge in [-0.25, -0.2) is 0 Å². The maximum atomic E-state index is 11.7. The van der Waals surface area contributed by atoms with Gasteiger partial charge in [0.1, 0.15) is 5.69 Å². The average molecular weight is 294 g/mol. The Morgan fingerprint density at radius 2 is 2.25 bits per heavy atom. The van der Waals surface area contributed by atoms with Crippen LogP contribution in [-0.2, 0) is 4.79 Å². The van der Waals surface area contributed by atoms with E-state index in [1.165, 1.54) is 0 Å². The van der Waals surface area contributed by atoms with Crippen LogP contribution in [0.5, 0.6) is 0 Å². The molecule has 1 aromatic heterocycles. The van der Waals surface area contributed by atoms with Crippen molar-refractivity contribution in [3.63, 3.8) is 0 Å². The molecule has 1 heterocycles. The van der Waals surface area contributed by atoms with Crippen molar-refractivity contribution in [2.45, 2.75) is 31.1 Å². The molecule has 0 bridgehead atoms. The Balaban J connectivity index is 1.95. The van der Waals surface area contributed by atoms with E-state index in [0.29, 0.717) is 12.2 Å². The number of hydrogen-bond donors (Lipinski definition) is 2. The van der Waals surface area contributed by atoms with Crippen LogP contribution in [0.25, 0.3) is 0 Å². The van der Waals surface area contributed by atoms with Gasteiger partial charge in [-0.3, -0.25) is 14.6 Å². The van der Waals surface area contributed by atoms with E-state index in [-0.39, 0.29) is 17.7 Å². The summed E-state index contributed by atoms with van der Waals surface area (Å²) in [5.74, 6) is -0.138. The SMILES string of the molecule is CCNC(=O)c1cc(SCC2(CC(=O)O)CC2)ccn1. The summed E-state index contributed by atoms with van der Waals surface area (Å²) in [6.45, 7) is 2.43. The van der Waals surface area contributed by atoms with E-state index in [2.05, 4.69) is 10.3 Å². The van der Waals surface area contributed by atoms with Gasteiger partial charge in [0.15, 0.2) is 0 Å². The number of hydrogen-bond acceptors (Lipinski definition) is 4. The fraction of sp³-hybridized carbons (Fsp3) is 0.500. The molecule has 1 aliphatic rings. The van der Waals surface area contributed by atoms with Crippen LogP contribution in [0.4, 0.5) is 0 Å². The molecule has 0 aromatic carbocycles. The second-order valence-electron chi connectivity index (χ2n) is 5.10. The number of carboxylic acid groups (broad SMARTS) is 1. The van der Waals surface area contributed by atoms with Gasteiger partial charge in [0.05, 0.1) is 6.42 Å². The number of pyridine rings is 1. The van der Waals surface area contributed by atoms with Gasteiger partial charge in [0, 0.05) is 23.4 Å². The maximum absolute atomic E-state index is 11.7. The quantitative estimate of drug-likeness (QED) is 0.753. The molecule has 2 rings (SSSR count). The molecule has 0 unspecified atom stereocenters. The van der Waals surface area contributed by atoms with Crippen LogP contribution in [0.1, 0.15) is 36.7 Å². The Morgan fingerprint density at radius 3 is 2.85 bits per heavy atom. The lowest BCUT2D eigenvalue weighted by Crippen LogP contribution is -2.23. The summed E-state index contributed by atoms with van der Waals surface area (Å²) in [6, 6.07) is 3.61. The monoisotopic (exact) mass is 294 g/mol. The first kappa shape index (κ1) is 14.8. The Kier molecular flexibility index (Phi) is 4.65. The zero-order valence-electron chi connectivity index (χ0n) is 11.4. The van der Waals surface area contributed by atoms with Crippen molar-refractivity contribution in [3.8, 4) is 0 Å². The molecule has 1 aliphatic carbocycles. The lowest BCUT2D eigenvalue weighted by atomic mass is 10.1. The van der Waals surface area contributed by atoms with Gasteiger partial charge in [0.2, 0.25) is 0 Å². The summed E-state index contributed by atoms with van der Waals surface area (Å²) in [5.41, 5.74) is 0.353. The highest BCUT2D eigenvalue weighted by Gasteiger charge is 2.44. The van der Waals surface area contributed by atoms with Crippen molar-refractivity contribution in [3.05, 3.63) is 24.0 Å². The zero-order valence-corrected chi connectivity index (χ0v) is 12.2. The number of nitrogens with one attached hydrogen (secondary N) is 1. The first-order valence-electron chi connectivity index (χ1n) is 6.63. The first-order valence-corrected chi connectivity index (χ1v) is 7.62. The Hall–Kier alpha value is -1.56. The molecule has 0 saturated heterocycles. The number of rotatable bonds is 7. The number of thioether (sulfide) groups is 1. The summed E-state index contributed by atoms with van der Waals surface area (Å²) in [7, 11) is 0. The molecule has 1 saturated carbocycles. The van der Waals surface area contributed by atoms with Crippen LogP contribution in [0.15, 0.2) is 23.2 Å². The highest BCUT2D eigenvalue weighted by atomic mass is 32.2. The second-order valence-corrected chi connectivity index (χ2v) is 6.14. The van der Waals surface area contributed by atoms with Gasteiger partial charge in [-0.15, -0.1) is 11.8 Å². The van der Waals surface area contributed by atoms with Crippen molar-refractivity contribution >= 4 is 23.6 Å². The summed E-state index contributed by atoms with van der Waals surface area (Å²) < 4.78 is 0. The molecule has 20 heavy (non-hydrogen) atoms. The van der Waals surface area contributed by atoms with Crippen LogP contribution < -0.4 is 5.32 Å². The van der Waals surface area contributed by atoms with E-state index in [0.717, 1.165) is 23.5 Å². The van der Waals surface area contributed by atoms with Gasteiger partial charge in [0.25, 0.3) is 5.91 Å². The first-order chi connectivity index (χ1) is 9.54. The topological polar surface area (TPSA) is 79.3 Å². The molecule has 0 spiro atoms. The maximum Gasteiger partial charge on any atom is 0.303 e. The van der Waals surface area contributed by atoms with Gasteiger partial charge in [-0.05, 0) is 37.3 Å². The molecule has 1 aromatic rings. The third-order valence-electron chi connectivity index (χ3n) is 3.33. The van der Waals surface area contributed by atoms with Crippen LogP contribution in [0.3, 0.4) is 0 Å². The minimum Gasteiger partial charge on any atom is -0.481 e. The third-order valence-corrected chi connectivity index (χ3v) is 4.67. The molecule has 108 valence electrons. The predicted octanol–water partition coefficient (Wildman–Crippen LogP) is 2.18. The summed E-state index contributed by atoms with van der Waals surface area (Å²) in [4.78, 5) is 27.5. The van der Waals surface area contributed by atoms with E-state index < -0.39 is 5.97 Å². The number of carbonyl (C=O) groups excluding carboxylic acids is 1. The Morgan fingerprint density at radius 1 is 1.50 bits per heavy atom. The molecule has 0 atom stereocenters. The van der Waals surface area contributed by atoms with Crippen molar-refractivity contribution < 1.29 is 14.7 Å². The number of carbonyl (C=O) groups is 2. The van der Waals surface area contributed by atoms with Gasteiger partial charge in [-0.2, -0.15) is 0 Å². The van der Waals surface area contributed by atoms with Crippen molar-refractivity contribution in [1.82, 2.24) is 10.3 Å². The number of aliphatic carboxylic acids is 1. The highest BCUT2D eigenvalue weighted by Crippen LogP contribution is 2.51. The number of aromatic nitrogens is 1. The fourth-order valence-corrected chi connectivity index (χ4v) is 3.20. The average Bonchev–Trinajstić information content (AvgIpc) is 3.16. The standard InChI is InChI=1S/C14H18N2O3S/c1-2-15-13(19)11-7-10(3-6-16-11)20-9-14(4-5-14)8-12(17)18/h3,6-7H,2,4-5,8-9H2,1H3,(H,15,19)(H,17,18). The van der Waals surface area contributed by atoms with E-state index in [1.54, 1.807) is 24.0 Å². The summed E-state index contributed by atoms with van der Waals surface area (Å²) in [6.07, 6.45) is 3.79. The largest absolute Gasteiger partial charge is 0.481 e. The molecule has 2 N–H and O–H groups in total. The number of nitrogens with zero attached hydrogens (tertiary/aromatic N) is 1. The van der Waals surface area contributed by atoms with Crippen LogP contribution >= 0.6 is 11.8 Å². The lowest BCUT2D eigenvalue weighted by molar-refractivity contribution is -0.138. The minimum absolute atomic E-state index is 0.0500. The third kappa shape index (κ3) is 3.96. The van der Waals surface area contributed by atoms with Crippen molar-refractivity contribution in [1.29, 1.82) is 0 Å². The summed E-state index contributed by atoms with van der Waals surface area (Å²) in [5, 5.41) is 11.6. The van der Waals surface area contributed by atoms with Gasteiger partial charge in [-0.1, -0.05) is 0 Å². The molecular formula is C14H18N2O3S.